The number of ether oxygens (including phenoxy) is 1. The lowest BCUT2D eigenvalue weighted by Gasteiger charge is -2.61. The summed E-state index contributed by atoms with van der Waals surface area (Å²) in [6.45, 7) is 1.58. The first kappa shape index (κ1) is 11.3. The van der Waals surface area contributed by atoms with Crippen LogP contribution >= 0.6 is 0 Å². The highest BCUT2D eigenvalue weighted by molar-refractivity contribution is 5.66. The van der Waals surface area contributed by atoms with Gasteiger partial charge in [0.15, 0.2) is 0 Å². The molecule has 0 saturated heterocycles. The molecule has 0 N–H and O–H groups in total. The van der Waals surface area contributed by atoms with Crippen LogP contribution in [-0.2, 0) is 9.53 Å². The van der Waals surface area contributed by atoms with Crippen LogP contribution in [0.5, 0.6) is 0 Å². The molecule has 6 aliphatic rings. The fourth-order valence-electron chi connectivity index (χ4n) is 6.20. The molecule has 6 saturated carbocycles. The van der Waals surface area contributed by atoms with Crippen LogP contribution in [0.25, 0.3) is 0 Å². The van der Waals surface area contributed by atoms with Crippen LogP contribution in [0.3, 0.4) is 0 Å². The standard InChI is InChI=1S/C16H24O2/c1-9(17)18-14-8-12-6-7-13(14)16-11-4-2-10(3-5-11)15(12)16/h10-16H,2-8H2,1H3. The molecule has 0 aliphatic heterocycles. The van der Waals surface area contributed by atoms with Gasteiger partial charge in [-0.2, -0.15) is 0 Å². The molecule has 6 fully saturated rings. The lowest BCUT2D eigenvalue weighted by molar-refractivity contribution is -0.182. The monoisotopic (exact) mass is 248 g/mol. The summed E-state index contributed by atoms with van der Waals surface area (Å²) in [5, 5.41) is 0. The molecular weight excluding hydrogens is 224 g/mol. The van der Waals surface area contributed by atoms with E-state index in [9.17, 15) is 4.79 Å². The van der Waals surface area contributed by atoms with Gasteiger partial charge in [0, 0.05) is 6.92 Å². The zero-order valence-corrected chi connectivity index (χ0v) is 11.3. The lowest BCUT2D eigenvalue weighted by Crippen LogP contribution is -2.57. The topological polar surface area (TPSA) is 26.3 Å². The molecule has 0 amide bonds. The Morgan fingerprint density at radius 2 is 1.50 bits per heavy atom. The number of hydrogen-bond donors (Lipinski definition) is 0. The molecule has 2 nitrogen and oxygen atoms in total. The second-order valence-corrected chi connectivity index (χ2v) is 7.21. The maximum Gasteiger partial charge on any atom is 0.302 e. The summed E-state index contributed by atoms with van der Waals surface area (Å²) in [6, 6.07) is 0. The summed E-state index contributed by atoms with van der Waals surface area (Å²) < 4.78 is 5.64. The molecule has 6 rings (SSSR count). The molecule has 0 radical (unpaired) electrons. The maximum atomic E-state index is 11.3. The Hall–Kier alpha value is -0.530. The molecule has 5 atom stereocenters. The molecule has 4 bridgehead atoms. The van der Waals surface area contributed by atoms with E-state index in [4.69, 9.17) is 4.74 Å². The average Bonchev–Trinajstić information content (AvgIpc) is 2.40. The first-order valence-electron chi connectivity index (χ1n) is 7.91. The average molecular weight is 248 g/mol. The first-order chi connectivity index (χ1) is 8.74. The number of fused-ring (bicyclic) bond motifs is 4. The first-order valence-corrected chi connectivity index (χ1v) is 7.91. The molecule has 2 heteroatoms. The van der Waals surface area contributed by atoms with E-state index >= 15 is 0 Å². The van der Waals surface area contributed by atoms with Gasteiger partial charge in [0.05, 0.1) is 0 Å². The zero-order chi connectivity index (χ0) is 12.3. The fourth-order valence-corrected chi connectivity index (χ4v) is 6.20. The van der Waals surface area contributed by atoms with Crippen molar-refractivity contribution in [1.82, 2.24) is 0 Å². The van der Waals surface area contributed by atoms with Gasteiger partial charge >= 0.3 is 5.97 Å². The summed E-state index contributed by atoms with van der Waals surface area (Å²) >= 11 is 0. The van der Waals surface area contributed by atoms with Crippen molar-refractivity contribution >= 4 is 5.97 Å². The molecule has 0 aromatic carbocycles. The predicted octanol–water partition coefficient (Wildman–Crippen LogP) is 3.40. The van der Waals surface area contributed by atoms with E-state index in [0.717, 1.165) is 29.6 Å². The Bertz CT molecular complexity index is 356. The second-order valence-electron chi connectivity index (χ2n) is 7.21. The van der Waals surface area contributed by atoms with E-state index in [-0.39, 0.29) is 12.1 Å². The Kier molecular flexibility index (Phi) is 2.50. The Morgan fingerprint density at radius 3 is 2.17 bits per heavy atom. The summed E-state index contributed by atoms with van der Waals surface area (Å²) in [5.74, 6) is 5.41. The predicted molar refractivity (Wildman–Crippen MR) is 68.8 cm³/mol. The van der Waals surface area contributed by atoms with Crippen molar-refractivity contribution in [3.8, 4) is 0 Å². The van der Waals surface area contributed by atoms with Crippen LogP contribution in [0.15, 0.2) is 0 Å². The van der Waals surface area contributed by atoms with E-state index in [1.165, 1.54) is 44.9 Å². The fraction of sp³-hybridized carbons (Fsp3) is 0.938. The molecule has 0 heterocycles. The Morgan fingerprint density at radius 1 is 0.889 bits per heavy atom. The third-order valence-electron chi connectivity index (χ3n) is 6.59. The lowest BCUT2D eigenvalue weighted by atomic mass is 9.44. The van der Waals surface area contributed by atoms with Crippen LogP contribution in [-0.4, -0.2) is 12.1 Å². The van der Waals surface area contributed by atoms with Crippen molar-refractivity contribution in [1.29, 1.82) is 0 Å². The van der Waals surface area contributed by atoms with Crippen molar-refractivity contribution in [3.05, 3.63) is 0 Å². The quantitative estimate of drug-likeness (QED) is 0.665. The number of hydrogen-bond acceptors (Lipinski definition) is 2. The van der Waals surface area contributed by atoms with Crippen LogP contribution in [0.4, 0.5) is 0 Å². The number of carbonyl (C=O) groups is 1. The SMILES string of the molecule is CC(=O)OC1CC2CCC1C1C3CCC(CC3)C21. The van der Waals surface area contributed by atoms with Crippen molar-refractivity contribution in [2.45, 2.75) is 58.0 Å². The van der Waals surface area contributed by atoms with Gasteiger partial charge in [0.1, 0.15) is 6.10 Å². The third-order valence-corrected chi connectivity index (χ3v) is 6.59. The third kappa shape index (κ3) is 1.50. The second kappa shape index (κ2) is 3.98. The highest BCUT2D eigenvalue weighted by Crippen LogP contribution is 2.62. The van der Waals surface area contributed by atoms with Crippen molar-refractivity contribution in [2.75, 3.05) is 0 Å². The van der Waals surface area contributed by atoms with Gasteiger partial charge in [0.2, 0.25) is 0 Å². The van der Waals surface area contributed by atoms with Crippen LogP contribution in [0, 0.1) is 35.5 Å². The van der Waals surface area contributed by atoms with Crippen LogP contribution in [0.2, 0.25) is 0 Å². The summed E-state index contributed by atoms with van der Waals surface area (Å²) in [7, 11) is 0. The molecule has 0 aromatic rings. The Balaban J connectivity index is 1.62. The number of carbonyl (C=O) groups excluding carboxylic acids is 1. The molecular formula is C16H24O2. The smallest absolute Gasteiger partial charge is 0.302 e. The van der Waals surface area contributed by atoms with Gasteiger partial charge in [-0.1, -0.05) is 0 Å². The van der Waals surface area contributed by atoms with Crippen LogP contribution in [0.1, 0.15) is 51.9 Å². The minimum atomic E-state index is -0.0648. The maximum absolute atomic E-state index is 11.3. The highest BCUT2D eigenvalue weighted by atomic mass is 16.5. The van der Waals surface area contributed by atoms with E-state index in [2.05, 4.69) is 0 Å². The van der Waals surface area contributed by atoms with Gasteiger partial charge < -0.3 is 4.74 Å². The van der Waals surface area contributed by atoms with Gasteiger partial charge in [-0.25, -0.2) is 0 Å². The molecule has 0 aromatic heterocycles. The van der Waals surface area contributed by atoms with Gasteiger partial charge in [-0.15, -0.1) is 0 Å². The van der Waals surface area contributed by atoms with Crippen molar-refractivity contribution < 1.29 is 9.53 Å². The van der Waals surface area contributed by atoms with E-state index < -0.39 is 0 Å². The van der Waals surface area contributed by atoms with Crippen molar-refractivity contribution in [2.24, 2.45) is 35.5 Å². The molecule has 0 spiro atoms. The highest BCUT2D eigenvalue weighted by Gasteiger charge is 2.57. The van der Waals surface area contributed by atoms with E-state index in [1.807, 2.05) is 0 Å². The molecule has 18 heavy (non-hydrogen) atoms. The van der Waals surface area contributed by atoms with Crippen molar-refractivity contribution in [3.63, 3.8) is 0 Å². The summed E-state index contributed by atoms with van der Waals surface area (Å²) in [6.07, 6.45) is 10.1. The van der Waals surface area contributed by atoms with Gasteiger partial charge in [-0.05, 0) is 80.5 Å². The minimum Gasteiger partial charge on any atom is -0.462 e. The Labute approximate surface area is 109 Å². The summed E-state index contributed by atoms with van der Waals surface area (Å²) in [5.41, 5.74) is 0. The van der Waals surface area contributed by atoms with Crippen LogP contribution < -0.4 is 0 Å². The number of esters is 1. The summed E-state index contributed by atoms with van der Waals surface area (Å²) in [4.78, 5) is 11.3. The largest absolute Gasteiger partial charge is 0.462 e. The molecule has 100 valence electrons. The normalized spacial score (nSPS) is 53.1. The molecule has 5 unspecified atom stereocenters. The van der Waals surface area contributed by atoms with E-state index in [0.29, 0.717) is 5.92 Å². The minimum absolute atomic E-state index is 0.0648. The van der Waals surface area contributed by atoms with E-state index in [1.54, 1.807) is 6.92 Å². The number of rotatable bonds is 1. The van der Waals surface area contributed by atoms with Gasteiger partial charge in [-0.3, -0.25) is 4.79 Å². The zero-order valence-electron chi connectivity index (χ0n) is 11.3. The van der Waals surface area contributed by atoms with Gasteiger partial charge in [0.25, 0.3) is 0 Å². The molecule has 6 aliphatic carbocycles.